The Kier molecular flexibility index (Phi) is 11.4. The Hall–Kier alpha value is -2.60. The van der Waals surface area contributed by atoms with Crippen molar-refractivity contribution < 1.29 is 14.3 Å². The first kappa shape index (κ1) is 23.7. The van der Waals surface area contributed by atoms with E-state index >= 15 is 0 Å². The lowest BCUT2D eigenvalue weighted by molar-refractivity contribution is -0.143. The fourth-order valence-corrected chi connectivity index (χ4v) is 3.14. The zero-order valence-electron chi connectivity index (χ0n) is 18.0. The molecule has 1 aromatic heterocycles. The molecule has 6 heteroatoms. The quantitative estimate of drug-likeness (QED) is 0.346. The van der Waals surface area contributed by atoms with Gasteiger partial charge in [-0.1, -0.05) is 56.0 Å². The third-order valence-corrected chi connectivity index (χ3v) is 4.74. The Bertz CT molecular complexity index is 789. The second kappa shape index (κ2) is 14.4. The van der Waals surface area contributed by atoms with E-state index in [-0.39, 0.29) is 12.1 Å². The van der Waals surface area contributed by atoms with E-state index in [0.717, 1.165) is 31.7 Å². The molecule has 0 fully saturated rings. The smallest absolute Gasteiger partial charge is 0.326 e. The van der Waals surface area contributed by atoms with Crippen LogP contribution in [0.1, 0.15) is 51.0 Å². The summed E-state index contributed by atoms with van der Waals surface area (Å²) in [6.45, 7) is 4.36. The van der Waals surface area contributed by atoms with Gasteiger partial charge in [-0.3, -0.25) is 9.59 Å². The Labute approximate surface area is 179 Å². The zero-order valence-corrected chi connectivity index (χ0v) is 18.0. The molecule has 0 atom stereocenters. The van der Waals surface area contributed by atoms with Crippen molar-refractivity contribution >= 4 is 11.7 Å². The van der Waals surface area contributed by atoms with Crippen molar-refractivity contribution in [3.63, 3.8) is 0 Å². The van der Waals surface area contributed by atoms with Crippen LogP contribution in [0.4, 0.5) is 5.69 Å². The summed E-state index contributed by atoms with van der Waals surface area (Å²) in [6.07, 6.45) is 8.65. The third-order valence-electron chi connectivity index (χ3n) is 4.74. The van der Waals surface area contributed by atoms with E-state index in [0.29, 0.717) is 13.2 Å². The van der Waals surface area contributed by atoms with Gasteiger partial charge in [0.15, 0.2) is 0 Å². The van der Waals surface area contributed by atoms with Gasteiger partial charge >= 0.3 is 5.97 Å². The summed E-state index contributed by atoms with van der Waals surface area (Å²) in [6, 6.07) is 13.5. The molecule has 0 aliphatic rings. The Morgan fingerprint density at radius 3 is 2.47 bits per heavy atom. The van der Waals surface area contributed by atoms with Crippen LogP contribution in [0.15, 0.2) is 53.5 Å². The van der Waals surface area contributed by atoms with Crippen molar-refractivity contribution in [1.29, 1.82) is 0 Å². The number of carbonyl (C=O) groups is 1. The minimum atomic E-state index is -0.401. The molecule has 0 aliphatic heterocycles. The lowest BCUT2D eigenvalue weighted by Crippen LogP contribution is -2.24. The number of hydrogen-bond donors (Lipinski definition) is 1. The van der Waals surface area contributed by atoms with Crippen LogP contribution < -0.4 is 10.9 Å². The van der Waals surface area contributed by atoms with Gasteiger partial charge in [0, 0.05) is 25.4 Å². The highest BCUT2D eigenvalue weighted by Gasteiger charge is 2.05. The minimum Gasteiger partial charge on any atom is -0.465 e. The van der Waals surface area contributed by atoms with Gasteiger partial charge in [0.1, 0.15) is 6.54 Å². The van der Waals surface area contributed by atoms with E-state index < -0.39 is 5.97 Å². The summed E-state index contributed by atoms with van der Waals surface area (Å²) in [4.78, 5) is 23.4. The van der Waals surface area contributed by atoms with Crippen LogP contribution in [-0.4, -0.2) is 30.3 Å². The lowest BCUT2D eigenvalue weighted by Gasteiger charge is -2.10. The molecule has 1 heterocycles. The van der Waals surface area contributed by atoms with Gasteiger partial charge in [-0.25, -0.2) is 0 Å². The molecule has 2 rings (SSSR count). The first-order valence-electron chi connectivity index (χ1n) is 10.9. The van der Waals surface area contributed by atoms with Crippen LogP contribution in [-0.2, 0) is 27.4 Å². The van der Waals surface area contributed by atoms with Gasteiger partial charge in [-0.05, 0) is 31.4 Å². The number of anilines is 1. The molecule has 0 saturated heterocycles. The molecule has 30 heavy (non-hydrogen) atoms. The highest BCUT2D eigenvalue weighted by atomic mass is 16.5. The third kappa shape index (κ3) is 9.74. The summed E-state index contributed by atoms with van der Waals surface area (Å²) in [5.74, 6) is -0.401. The fraction of sp³-hybridized carbons (Fsp3) is 0.500. The molecule has 164 valence electrons. The van der Waals surface area contributed by atoms with Crippen LogP contribution in [0.2, 0.25) is 0 Å². The maximum Gasteiger partial charge on any atom is 0.326 e. The van der Waals surface area contributed by atoms with Crippen LogP contribution in [0.5, 0.6) is 0 Å². The molecule has 0 bridgehead atoms. The number of ether oxygens (including phenoxy) is 2. The maximum absolute atomic E-state index is 11.8. The first-order valence-corrected chi connectivity index (χ1v) is 10.9. The average molecular weight is 415 g/mol. The van der Waals surface area contributed by atoms with Crippen molar-refractivity contribution in [2.24, 2.45) is 0 Å². The average Bonchev–Trinajstić information content (AvgIpc) is 2.75. The second-order valence-electron chi connectivity index (χ2n) is 7.28. The maximum atomic E-state index is 11.8. The molecule has 0 spiro atoms. The summed E-state index contributed by atoms with van der Waals surface area (Å²) in [5, 5.41) is 3.32. The van der Waals surface area contributed by atoms with Crippen LogP contribution in [0.25, 0.3) is 0 Å². The summed E-state index contributed by atoms with van der Waals surface area (Å²) in [5.41, 5.74) is 1.86. The van der Waals surface area contributed by atoms with Crippen molar-refractivity contribution in [3.8, 4) is 0 Å². The number of carbonyl (C=O) groups excluding carboxylic acids is 1. The monoisotopic (exact) mass is 414 g/mol. The molecule has 0 aliphatic carbocycles. The summed E-state index contributed by atoms with van der Waals surface area (Å²) >= 11 is 0. The van der Waals surface area contributed by atoms with Crippen molar-refractivity contribution in [3.05, 3.63) is 64.6 Å². The van der Waals surface area contributed by atoms with Crippen LogP contribution >= 0.6 is 0 Å². The number of benzene rings is 1. The van der Waals surface area contributed by atoms with E-state index in [1.807, 2.05) is 18.2 Å². The molecule has 2 aromatic rings. The SMILES string of the molecule is CCOC(=O)Cn1cc(NCCCCCCCCOCc2ccccc2)ccc1=O. The number of nitrogens with zero attached hydrogens (tertiary/aromatic N) is 1. The highest BCUT2D eigenvalue weighted by Crippen LogP contribution is 2.09. The standard InChI is InChI=1S/C24H34N2O4/c1-2-30-24(28)19-26-18-22(14-15-23(26)27)25-16-10-5-3-4-6-11-17-29-20-21-12-8-7-9-13-21/h7-9,12-15,18,25H,2-6,10-11,16-17,19-20H2,1H3. The van der Waals surface area contributed by atoms with Crippen LogP contribution in [0, 0.1) is 0 Å². The first-order chi connectivity index (χ1) is 14.7. The molecule has 0 amide bonds. The summed E-state index contributed by atoms with van der Waals surface area (Å²) in [7, 11) is 0. The van der Waals surface area contributed by atoms with Crippen molar-refractivity contribution in [1.82, 2.24) is 4.57 Å². The molecule has 0 saturated carbocycles. The Morgan fingerprint density at radius 2 is 1.70 bits per heavy atom. The Morgan fingerprint density at radius 1 is 0.967 bits per heavy atom. The van der Waals surface area contributed by atoms with E-state index in [1.54, 1.807) is 19.2 Å². The molecular formula is C24H34N2O4. The minimum absolute atomic E-state index is 0.0583. The molecule has 0 radical (unpaired) electrons. The highest BCUT2D eigenvalue weighted by molar-refractivity contribution is 5.69. The number of hydrogen-bond acceptors (Lipinski definition) is 5. The largest absolute Gasteiger partial charge is 0.465 e. The molecule has 6 nitrogen and oxygen atoms in total. The van der Waals surface area contributed by atoms with Gasteiger partial charge < -0.3 is 19.4 Å². The van der Waals surface area contributed by atoms with E-state index in [2.05, 4.69) is 17.4 Å². The van der Waals surface area contributed by atoms with Gasteiger partial charge in [0.25, 0.3) is 5.56 Å². The number of pyridine rings is 1. The predicted octanol–water partition coefficient (Wildman–Crippen LogP) is 4.38. The lowest BCUT2D eigenvalue weighted by atomic mass is 10.1. The zero-order chi connectivity index (χ0) is 21.4. The van der Waals surface area contributed by atoms with Crippen molar-refractivity contribution in [2.45, 2.75) is 58.6 Å². The van der Waals surface area contributed by atoms with E-state index in [1.165, 1.54) is 41.9 Å². The number of rotatable bonds is 15. The molecular weight excluding hydrogens is 380 g/mol. The number of unbranched alkanes of at least 4 members (excludes halogenated alkanes) is 5. The van der Waals surface area contributed by atoms with Gasteiger partial charge in [-0.2, -0.15) is 0 Å². The van der Waals surface area contributed by atoms with Gasteiger partial charge in [-0.15, -0.1) is 0 Å². The predicted molar refractivity (Wildman–Crippen MR) is 120 cm³/mol. The van der Waals surface area contributed by atoms with Crippen LogP contribution in [0.3, 0.4) is 0 Å². The topological polar surface area (TPSA) is 69.6 Å². The van der Waals surface area contributed by atoms with Gasteiger partial charge in [0.05, 0.1) is 18.9 Å². The second-order valence-corrected chi connectivity index (χ2v) is 7.28. The van der Waals surface area contributed by atoms with Crippen molar-refractivity contribution in [2.75, 3.05) is 25.1 Å². The van der Waals surface area contributed by atoms with Gasteiger partial charge in [0.2, 0.25) is 0 Å². The number of nitrogens with one attached hydrogen (secondary N) is 1. The van der Waals surface area contributed by atoms with E-state index in [4.69, 9.17) is 9.47 Å². The molecule has 1 N–H and O–H groups in total. The number of esters is 1. The molecule has 1 aromatic carbocycles. The normalized spacial score (nSPS) is 10.7. The molecule has 0 unspecified atom stereocenters. The summed E-state index contributed by atoms with van der Waals surface area (Å²) < 4.78 is 12.0. The fourth-order valence-electron chi connectivity index (χ4n) is 3.14. The number of aromatic nitrogens is 1. The Balaban J connectivity index is 1.49. The van der Waals surface area contributed by atoms with E-state index in [9.17, 15) is 9.59 Å².